The van der Waals surface area contributed by atoms with E-state index in [-0.39, 0.29) is 5.54 Å². The first-order chi connectivity index (χ1) is 9.19. The number of nitrogens with zero attached hydrogens (tertiary/aromatic N) is 1. The van der Waals surface area contributed by atoms with Gasteiger partial charge in [0.05, 0.1) is 11.8 Å². The van der Waals surface area contributed by atoms with Crippen molar-refractivity contribution in [3.63, 3.8) is 0 Å². The highest BCUT2D eigenvalue weighted by atomic mass is 32.1. The van der Waals surface area contributed by atoms with Crippen LogP contribution in [-0.4, -0.2) is 19.0 Å². The molecule has 0 fully saturated rings. The standard InChI is InChI=1S/C16H21NOS/c1-4-16(17(2)3,15-10-6-12-18-15)11-5-8-14-9-7-13-19-14/h5-10,12-13H,4,11H2,1-3H3. The van der Waals surface area contributed by atoms with E-state index in [0.717, 1.165) is 18.6 Å². The summed E-state index contributed by atoms with van der Waals surface area (Å²) in [5.74, 6) is 1.04. The molecule has 2 aromatic rings. The maximum absolute atomic E-state index is 5.67. The van der Waals surface area contributed by atoms with Crippen molar-refractivity contribution in [1.29, 1.82) is 0 Å². The molecule has 0 saturated carbocycles. The first-order valence-corrected chi connectivity index (χ1v) is 7.48. The van der Waals surface area contributed by atoms with Gasteiger partial charge in [0, 0.05) is 4.88 Å². The predicted molar refractivity (Wildman–Crippen MR) is 82.3 cm³/mol. The van der Waals surface area contributed by atoms with Crippen LogP contribution in [0.2, 0.25) is 0 Å². The minimum atomic E-state index is -0.0583. The fourth-order valence-corrected chi connectivity index (χ4v) is 3.08. The SMILES string of the molecule is CCC(CC=Cc1cccs1)(c1ccco1)N(C)C. The van der Waals surface area contributed by atoms with Crippen LogP contribution < -0.4 is 0 Å². The second-order valence-electron chi connectivity index (χ2n) is 4.88. The van der Waals surface area contributed by atoms with Gasteiger partial charge in [-0.1, -0.05) is 19.1 Å². The lowest BCUT2D eigenvalue weighted by molar-refractivity contribution is 0.118. The van der Waals surface area contributed by atoms with E-state index in [2.05, 4.69) is 61.7 Å². The minimum absolute atomic E-state index is 0.0583. The molecule has 3 heteroatoms. The first-order valence-electron chi connectivity index (χ1n) is 6.60. The fourth-order valence-electron chi connectivity index (χ4n) is 2.44. The van der Waals surface area contributed by atoms with Crippen molar-refractivity contribution in [2.45, 2.75) is 25.3 Å². The number of thiophene rings is 1. The Bertz CT molecular complexity index is 499. The lowest BCUT2D eigenvalue weighted by Gasteiger charge is -2.36. The Hall–Kier alpha value is -1.32. The van der Waals surface area contributed by atoms with E-state index >= 15 is 0 Å². The molecule has 102 valence electrons. The Balaban J connectivity index is 2.19. The second-order valence-corrected chi connectivity index (χ2v) is 5.86. The zero-order valence-electron chi connectivity index (χ0n) is 11.8. The van der Waals surface area contributed by atoms with Gasteiger partial charge in [0.25, 0.3) is 0 Å². The molecule has 2 rings (SSSR count). The molecule has 0 aliphatic rings. The molecule has 0 N–H and O–H groups in total. The van der Waals surface area contributed by atoms with Crippen LogP contribution in [0.4, 0.5) is 0 Å². The zero-order chi connectivity index (χ0) is 13.7. The predicted octanol–water partition coefficient (Wildman–Crippen LogP) is 4.61. The molecule has 1 atom stereocenters. The van der Waals surface area contributed by atoms with Crippen LogP contribution in [0.1, 0.15) is 30.4 Å². The molecule has 0 saturated heterocycles. The van der Waals surface area contributed by atoms with Gasteiger partial charge in [-0.3, -0.25) is 4.90 Å². The van der Waals surface area contributed by atoms with Crippen LogP contribution in [0.15, 0.2) is 46.4 Å². The monoisotopic (exact) mass is 275 g/mol. The van der Waals surface area contributed by atoms with Crippen LogP contribution in [0.3, 0.4) is 0 Å². The molecule has 0 aliphatic heterocycles. The molecular weight excluding hydrogens is 254 g/mol. The summed E-state index contributed by atoms with van der Waals surface area (Å²) in [6, 6.07) is 8.25. The van der Waals surface area contributed by atoms with Gasteiger partial charge in [-0.2, -0.15) is 0 Å². The molecule has 2 aromatic heterocycles. The largest absolute Gasteiger partial charge is 0.467 e. The fraction of sp³-hybridized carbons (Fsp3) is 0.375. The van der Waals surface area contributed by atoms with Crippen molar-refractivity contribution in [2.24, 2.45) is 0 Å². The summed E-state index contributed by atoms with van der Waals surface area (Å²) in [6.45, 7) is 2.21. The van der Waals surface area contributed by atoms with Crippen molar-refractivity contribution in [1.82, 2.24) is 4.90 Å². The molecule has 0 amide bonds. The number of hydrogen-bond acceptors (Lipinski definition) is 3. The lowest BCUT2D eigenvalue weighted by Crippen LogP contribution is -2.40. The van der Waals surface area contributed by atoms with Crippen molar-refractivity contribution in [2.75, 3.05) is 14.1 Å². The summed E-state index contributed by atoms with van der Waals surface area (Å²) in [5.41, 5.74) is -0.0583. The molecule has 0 aliphatic carbocycles. The van der Waals surface area contributed by atoms with Crippen molar-refractivity contribution < 1.29 is 4.42 Å². The molecule has 1 unspecified atom stereocenters. The quantitative estimate of drug-likeness (QED) is 0.765. The summed E-state index contributed by atoms with van der Waals surface area (Å²) in [6.07, 6.45) is 8.16. The number of furan rings is 1. The topological polar surface area (TPSA) is 16.4 Å². The summed E-state index contributed by atoms with van der Waals surface area (Å²) >= 11 is 1.76. The Morgan fingerprint density at radius 3 is 2.68 bits per heavy atom. The average molecular weight is 275 g/mol. The normalized spacial score (nSPS) is 15.2. The van der Waals surface area contributed by atoms with Crippen molar-refractivity contribution in [3.8, 4) is 0 Å². The van der Waals surface area contributed by atoms with Gasteiger partial charge in [0.1, 0.15) is 5.76 Å². The van der Waals surface area contributed by atoms with Gasteiger partial charge in [-0.05, 0) is 56.6 Å². The molecule has 0 spiro atoms. The third-order valence-corrected chi connectivity index (χ3v) is 4.54. The summed E-state index contributed by atoms with van der Waals surface area (Å²) < 4.78 is 5.67. The van der Waals surface area contributed by atoms with Crippen LogP contribution in [-0.2, 0) is 5.54 Å². The van der Waals surface area contributed by atoms with E-state index in [0.29, 0.717) is 0 Å². The maximum Gasteiger partial charge on any atom is 0.124 e. The molecule has 19 heavy (non-hydrogen) atoms. The van der Waals surface area contributed by atoms with E-state index in [4.69, 9.17) is 4.42 Å². The average Bonchev–Trinajstić information content (AvgIpc) is 3.07. The summed E-state index contributed by atoms with van der Waals surface area (Å²) in [5, 5.41) is 2.10. The highest BCUT2D eigenvalue weighted by Crippen LogP contribution is 2.34. The maximum atomic E-state index is 5.67. The molecule has 2 heterocycles. The van der Waals surface area contributed by atoms with Crippen molar-refractivity contribution >= 4 is 17.4 Å². The lowest BCUT2D eigenvalue weighted by atomic mass is 9.87. The number of hydrogen-bond donors (Lipinski definition) is 0. The summed E-state index contributed by atoms with van der Waals surface area (Å²) in [7, 11) is 4.23. The van der Waals surface area contributed by atoms with Gasteiger partial charge in [-0.25, -0.2) is 0 Å². The molecule has 0 radical (unpaired) electrons. The van der Waals surface area contributed by atoms with E-state index in [1.54, 1.807) is 17.6 Å². The third-order valence-electron chi connectivity index (χ3n) is 3.70. The van der Waals surface area contributed by atoms with Gasteiger partial charge in [0.15, 0.2) is 0 Å². The highest BCUT2D eigenvalue weighted by molar-refractivity contribution is 7.10. The smallest absolute Gasteiger partial charge is 0.124 e. The van der Waals surface area contributed by atoms with Crippen molar-refractivity contribution in [3.05, 3.63) is 52.6 Å². The van der Waals surface area contributed by atoms with Gasteiger partial charge in [-0.15, -0.1) is 11.3 Å². The number of rotatable bonds is 6. The van der Waals surface area contributed by atoms with Crippen LogP contribution in [0.5, 0.6) is 0 Å². The Morgan fingerprint density at radius 1 is 1.32 bits per heavy atom. The van der Waals surface area contributed by atoms with Gasteiger partial charge in [0.2, 0.25) is 0 Å². The minimum Gasteiger partial charge on any atom is -0.467 e. The van der Waals surface area contributed by atoms with Crippen LogP contribution in [0.25, 0.3) is 6.08 Å². The van der Waals surface area contributed by atoms with E-state index in [1.807, 2.05) is 6.07 Å². The first kappa shape index (κ1) is 14.1. The third kappa shape index (κ3) is 2.99. The molecule has 0 bridgehead atoms. The molecular formula is C16H21NOS. The zero-order valence-corrected chi connectivity index (χ0v) is 12.6. The Labute approximate surface area is 119 Å². The second kappa shape index (κ2) is 6.22. The highest BCUT2D eigenvalue weighted by Gasteiger charge is 2.34. The van der Waals surface area contributed by atoms with Gasteiger partial charge >= 0.3 is 0 Å². The summed E-state index contributed by atoms with van der Waals surface area (Å²) in [4.78, 5) is 3.55. The van der Waals surface area contributed by atoms with E-state index in [9.17, 15) is 0 Å². The van der Waals surface area contributed by atoms with Gasteiger partial charge < -0.3 is 4.42 Å². The molecule has 0 aromatic carbocycles. The van der Waals surface area contributed by atoms with E-state index in [1.165, 1.54) is 4.88 Å². The molecule has 2 nitrogen and oxygen atoms in total. The van der Waals surface area contributed by atoms with E-state index < -0.39 is 0 Å². The Kier molecular flexibility index (Phi) is 4.61. The Morgan fingerprint density at radius 2 is 2.16 bits per heavy atom. The van der Waals surface area contributed by atoms with Crippen LogP contribution >= 0.6 is 11.3 Å². The van der Waals surface area contributed by atoms with Crippen LogP contribution in [0, 0.1) is 0 Å².